The molecule has 2 saturated heterocycles. The Bertz CT molecular complexity index is 872. The van der Waals surface area contributed by atoms with Crippen LogP contribution in [0.2, 0.25) is 0 Å². The van der Waals surface area contributed by atoms with E-state index in [4.69, 9.17) is 8.83 Å². The van der Waals surface area contributed by atoms with Crippen molar-refractivity contribution in [2.24, 2.45) is 5.92 Å². The minimum absolute atomic E-state index is 0.457. The van der Waals surface area contributed by atoms with E-state index < -0.39 is 0 Å². The van der Waals surface area contributed by atoms with Crippen LogP contribution in [0.15, 0.2) is 39.4 Å². The molecule has 2 fully saturated rings. The molecule has 2 atom stereocenters. The van der Waals surface area contributed by atoms with Gasteiger partial charge in [0.25, 0.3) is 5.89 Å². The molecular formula is C19H22N4O2S. The van der Waals surface area contributed by atoms with Crippen molar-refractivity contribution in [3.8, 4) is 11.7 Å². The number of aryl methyl sites for hydroxylation is 1. The summed E-state index contributed by atoms with van der Waals surface area (Å²) in [6, 6.07) is 8.80. The van der Waals surface area contributed by atoms with Crippen molar-refractivity contribution < 1.29 is 8.83 Å². The van der Waals surface area contributed by atoms with Gasteiger partial charge < -0.3 is 8.83 Å². The van der Waals surface area contributed by atoms with Crippen LogP contribution in [-0.2, 0) is 13.1 Å². The third-order valence-corrected chi connectivity index (χ3v) is 6.44. The fraction of sp³-hybridized carbons (Fsp3) is 0.474. The van der Waals surface area contributed by atoms with Crippen LogP contribution in [0, 0.1) is 12.8 Å². The zero-order chi connectivity index (χ0) is 17.5. The van der Waals surface area contributed by atoms with Gasteiger partial charge in [0.2, 0.25) is 5.89 Å². The molecule has 3 aromatic heterocycles. The molecule has 5 heterocycles. The van der Waals surface area contributed by atoms with Crippen LogP contribution in [0.3, 0.4) is 0 Å². The van der Waals surface area contributed by atoms with Gasteiger partial charge in [-0.3, -0.25) is 9.80 Å². The number of furan rings is 1. The predicted octanol–water partition coefficient (Wildman–Crippen LogP) is 3.41. The molecule has 5 rings (SSSR count). The number of nitrogens with zero attached hydrogens (tertiary/aromatic N) is 4. The quantitative estimate of drug-likeness (QED) is 0.686. The Morgan fingerprint density at radius 2 is 2.15 bits per heavy atom. The fourth-order valence-electron chi connectivity index (χ4n) is 4.24. The van der Waals surface area contributed by atoms with Crippen molar-refractivity contribution in [2.45, 2.75) is 32.5 Å². The lowest BCUT2D eigenvalue weighted by Crippen LogP contribution is -2.34. The maximum absolute atomic E-state index is 5.77. The van der Waals surface area contributed by atoms with Crippen molar-refractivity contribution in [2.75, 3.05) is 19.6 Å². The van der Waals surface area contributed by atoms with E-state index in [0.717, 1.165) is 25.6 Å². The van der Waals surface area contributed by atoms with Crippen molar-refractivity contribution in [3.05, 3.63) is 46.2 Å². The maximum Gasteiger partial charge on any atom is 0.283 e. The molecule has 6 nitrogen and oxygen atoms in total. The number of aromatic nitrogens is 2. The highest BCUT2D eigenvalue weighted by Gasteiger charge is 2.41. The molecule has 2 aliphatic rings. The van der Waals surface area contributed by atoms with Crippen LogP contribution in [0.5, 0.6) is 0 Å². The highest BCUT2D eigenvalue weighted by molar-refractivity contribution is 7.11. The monoisotopic (exact) mass is 370 g/mol. The van der Waals surface area contributed by atoms with E-state index in [1.807, 2.05) is 23.5 Å². The molecule has 0 unspecified atom stereocenters. The second-order valence-electron chi connectivity index (χ2n) is 7.27. The minimum atomic E-state index is 0.457. The van der Waals surface area contributed by atoms with E-state index in [1.165, 1.54) is 22.7 Å². The average molecular weight is 370 g/mol. The van der Waals surface area contributed by atoms with Crippen LogP contribution >= 0.6 is 11.3 Å². The third kappa shape index (κ3) is 3.11. The van der Waals surface area contributed by atoms with Gasteiger partial charge in [-0.25, -0.2) is 0 Å². The van der Waals surface area contributed by atoms with Gasteiger partial charge >= 0.3 is 0 Å². The first-order valence-corrected chi connectivity index (χ1v) is 9.94. The summed E-state index contributed by atoms with van der Waals surface area (Å²) in [4.78, 5) is 7.97. The van der Waals surface area contributed by atoms with E-state index in [1.54, 1.807) is 6.26 Å². The Balaban J connectivity index is 1.22. The van der Waals surface area contributed by atoms with Gasteiger partial charge in [0.05, 0.1) is 12.8 Å². The number of thiophene rings is 1. The summed E-state index contributed by atoms with van der Waals surface area (Å²) in [7, 11) is 0. The number of hydrogen-bond donors (Lipinski definition) is 0. The third-order valence-electron chi connectivity index (χ3n) is 5.45. The highest BCUT2D eigenvalue weighted by Crippen LogP contribution is 2.34. The Morgan fingerprint density at radius 1 is 1.19 bits per heavy atom. The van der Waals surface area contributed by atoms with Gasteiger partial charge in [-0.1, -0.05) is 0 Å². The second kappa shape index (κ2) is 6.64. The van der Waals surface area contributed by atoms with Gasteiger partial charge in [0, 0.05) is 35.4 Å². The van der Waals surface area contributed by atoms with Gasteiger partial charge in [0.15, 0.2) is 5.76 Å². The van der Waals surface area contributed by atoms with E-state index in [2.05, 4.69) is 39.1 Å². The number of fused-ring (bicyclic) bond motifs is 1. The number of likely N-dealkylation sites (tertiary alicyclic amines) is 2. The molecule has 0 aromatic carbocycles. The first-order chi connectivity index (χ1) is 12.7. The lowest BCUT2D eigenvalue weighted by Gasteiger charge is -2.23. The molecule has 0 saturated carbocycles. The standard InChI is InChI=1S/C19H22N4O2S/c1-13-4-5-15(26-13)10-23-7-6-14-9-22(11-16(14)23)12-18-20-21-19(25-18)17-3-2-8-24-17/h2-5,8,14,16H,6-7,9-12H2,1H3/t14-,16+/m0/s1. The summed E-state index contributed by atoms with van der Waals surface area (Å²) in [5, 5.41) is 8.29. The van der Waals surface area contributed by atoms with Gasteiger partial charge in [0.1, 0.15) is 0 Å². The van der Waals surface area contributed by atoms with Crippen LogP contribution < -0.4 is 0 Å². The van der Waals surface area contributed by atoms with Crippen molar-refractivity contribution in [3.63, 3.8) is 0 Å². The zero-order valence-corrected chi connectivity index (χ0v) is 15.6. The van der Waals surface area contributed by atoms with Crippen LogP contribution in [0.25, 0.3) is 11.7 Å². The molecule has 0 N–H and O–H groups in total. The largest absolute Gasteiger partial charge is 0.459 e. The smallest absolute Gasteiger partial charge is 0.283 e. The molecule has 0 spiro atoms. The zero-order valence-electron chi connectivity index (χ0n) is 14.8. The topological polar surface area (TPSA) is 58.5 Å². The average Bonchev–Trinajstić information content (AvgIpc) is 3.39. The maximum atomic E-state index is 5.77. The van der Waals surface area contributed by atoms with Crippen LogP contribution in [0.4, 0.5) is 0 Å². The Morgan fingerprint density at radius 3 is 2.96 bits per heavy atom. The van der Waals surface area contributed by atoms with Crippen LogP contribution in [-0.4, -0.2) is 45.7 Å². The summed E-state index contributed by atoms with van der Waals surface area (Å²) in [6.07, 6.45) is 2.90. The predicted molar refractivity (Wildman–Crippen MR) is 98.6 cm³/mol. The summed E-state index contributed by atoms with van der Waals surface area (Å²) in [5.74, 6) is 2.50. The summed E-state index contributed by atoms with van der Waals surface area (Å²) in [5.41, 5.74) is 0. The summed E-state index contributed by atoms with van der Waals surface area (Å²) in [6.45, 7) is 7.38. The van der Waals surface area contributed by atoms with Gasteiger partial charge in [-0.15, -0.1) is 21.5 Å². The van der Waals surface area contributed by atoms with Crippen molar-refractivity contribution in [1.82, 2.24) is 20.0 Å². The molecule has 26 heavy (non-hydrogen) atoms. The number of hydrogen-bond acceptors (Lipinski definition) is 7. The lowest BCUT2D eigenvalue weighted by molar-refractivity contribution is 0.209. The lowest BCUT2D eigenvalue weighted by atomic mass is 10.1. The summed E-state index contributed by atoms with van der Waals surface area (Å²) >= 11 is 1.92. The Labute approximate surface area is 156 Å². The molecular weight excluding hydrogens is 348 g/mol. The highest BCUT2D eigenvalue weighted by atomic mass is 32.1. The SMILES string of the molecule is Cc1ccc(CN2CC[C@H]3CN(Cc4nnc(-c5ccco5)o4)C[C@H]32)s1. The number of rotatable bonds is 5. The van der Waals surface area contributed by atoms with E-state index in [9.17, 15) is 0 Å². The molecule has 2 aliphatic heterocycles. The van der Waals surface area contributed by atoms with Crippen LogP contribution in [0.1, 0.15) is 22.1 Å². The molecule has 0 amide bonds. The Hall–Kier alpha value is -1.96. The van der Waals surface area contributed by atoms with Gasteiger partial charge in [-0.05, 0) is 50.1 Å². The van der Waals surface area contributed by atoms with Gasteiger partial charge in [-0.2, -0.15) is 0 Å². The Kier molecular flexibility index (Phi) is 4.15. The molecule has 136 valence electrons. The second-order valence-corrected chi connectivity index (χ2v) is 8.64. The molecule has 3 aromatic rings. The minimum Gasteiger partial charge on any atom is -0.459 e. The molecule has 0 bridgehead atoms. The van der Waals surface area contributed by atoms with E-state index in [0.29, 0.717) is 30.1 Å². The fourth-order valence-corrected chi connectivity index (χ4v) is 5.16. The molecule has 7 heteroatoms. The first-order valence-electron chi connectivity index (χ1n) is 9.12. The van der Waals surface area contributed by atoms with Crippen molar-refractivity contribution in [1.29, 1.82) is 0 Å². The summed E-state index contributed by atoms with van der Waals surface area (Å²) < 4.78 is 11.1. The van der Waals surface area contributed by atoms with E-state index in [-0.39, 0.29) is 0 Å². The van der Waals surface area contributed by atoms with Crippen molar-refractivity contribution >= 4 is 11.3 Å². The van der Waals surface area contributed by atoms with E-state index >= 15 is 0 Å². The molecule has 0 aliphatic carbocycles. The normalized spacial score (nSPS) is 23.7. The molecule has 0 radical (unpaired) electrons. The first kappa shape index (κ1) is 16.2.